The Morgan fingerprint density at radius 2 is 1.97 bits per heavy atom. The molecule has 0 unspecified atom stereocenters. The lowest BCUT2D eigenvalue weighted by molar-refractivity contribution is -0.386. The third-order valence-corrected chi connectivity index (χ3v) is 6.42. The highest BCUT2D eigenvalue weighted by molar-refractivity contribution is 9.10. The van der Waals surface area contributed by atoms with Crippen LogP contribution in [0.3, 0.4) is 0 Å². The number of nitro groups is 1. The smallest absolute Gasteiger partial charge is 0.312 e. The molecule has 0 fully saturated rings. The highest BCUT2D eigenvalue weighted by Crippen LogP contribution is 2.34. The van der Waals surface area contributed by atoms with E-state index in [0.29, 0.717) is 33.2 Å². The molecule has 0 saturated carbocycles. The molecule has 0 aliphatic rings. The van der Waals surface area contributed by atoms with E-state index < -0.39 is 10.7 Å². The lowest BCUT2D eigenvalue weighted by Gasteiger charge is -2.12. The SMILES string of the molecule is CCCCc1nc2ccc(Br)cc2c(=O)n1N=Cc1cc(Br)cc([N+](=O)[O-])c1OCc1cccc(F)c1. The minimum Gasteiger partial charge on any atom is -0.481 e. The van der Waals surface area contributed by atoms with Crippen molar-refractivity contribution in [1.82, 2.24) is 9.66 Å². The van der Waals surface area contributed by atoms with Crippen molar-refractivity contribution in [2.45, 2.75) is 32.8 Å². The predicted molar refractivity (Wildman–Crippen MR) is 147 cm³/mol. The standard InChI is InChI=1S/C26H21Br2FN4O4/c1-2-3-7-24-31-22-9-8-18(27)12-21(22)26(34)32(24)30-14-17-11-19(28)13-23(33(35)36)25(17)37-15-16-5-4-6-20(29)10-16/h4-6,8-14H,2-3,7,15H2,1H3. The third kappa shape index (κ3) is 6.28. The van der Waals surface area contributed by atoms with Gasteiger partial charge in [0, 0.05) is 27.0 Å². The van der Waals surface area contributed by atoms with Gasteiger partial charge in [0.15, 0.2) is 0 Å². The monoisotopic (exact) mass is 630 g/mol. The number of aryl methyl sites for hydroxylation is 1. The molecule has 0 N–H and O–H groups in total. The van der Waals surface area contributed by atoms with Gasteiger partial charge in [0.05, 0.1) is 22.0 Å². The van der Waals surface area contributed by atoms with Gasteiger partial charge in [-0.2, -0.15) is 9.78 Å². The molecule has 4 aromatic rings. The minimum atomic E-state index is -0.572. The number of unbranched alkanes of at least 4 members (excludes halogenated alkanes) is 1. The van der Waals surface area contributed by atoms with Gasteiger partial charge in [-0.1, -0.05) is 57.3 Å². The van der Waals surface area contributed by atoms with E-state index >= 15 is 0 Å². The van der Waals surface area contributed by atoms with Gasteiger partial charge >= 0.3 is 5.69 Å². The Balaban J connectivity index is 1.81. The highest BCUT2D eigenvalue weighted by atomic mass is 79.9. The Labute approximate surface area is 228 Å². The van der Waals surface area contributed by atoms with E-state index in [-0.39, 0.29) is 29.2 Å². The molecule has 0 aliphatic carbocycles. The molecule has 11 heteroatoms. The first-order chi connectivity index (χ1) is 17.8. The van der Waals surface area contributed by atoms with E-state index in [1.54, 1.807) is 24.3 Å². The van der Waals surface area contributed by atoms with Crippen LogP contribution in [0.25, 0.3) is 10.9 Å². The zero-order chi connectivity index (χ0) is 26.5. The average molecular weight is 632 g/mol. The van der Waals surface area contributed by atoms with Crippen LogP contribution in [0.5, 0.6) is 5.75 Å². The number of benzene rings is 3. The number of halogens is 3. The fourth-order valence-corrected chi connectivity index (χ4v) is 4.53. The zero-order valence-corrected chi connectivity index (χ0v) is 22.8. The van der Waals surface area contributed by atoms with Crippen molar-refractivity contribution >= 4 is 54.7 Å². The number of hydrogen-bond acceptors (Lipinski definition) is 6. The fraction of sp³-hybridized carbons (Fsp3) is 0.192. The fourth-order valence-electron chi connectivity index (χ4n) is 3.70. The average Bonchev–Trinajstić information content (AvgIpc) is 2.86. The Morgan fingerprint density at radius 3 is 2.70 bits per heavy atom. The minimum absolute atomic E-state index is 0.0548. The molecule has 0 bridgehead atoms. The molecule has 37 heavy (non-hydrogen) atoms. The molecular weight excluding hydrogens is 611 g/mol. The summed E-state index contributed by atoms with van der Waals surface area (Å²) in [4.78, 5) is 29.2. The Hall–Kier alpha value is -3.44. The second kappa shape index (κ2) is 11.7. The van der Waals surface area contributed by atoms with Gasteiger partial charge in [-0.3, -0.25) is 14.9 Å². The van der Waals surface area contributed by atoms with Gasteiger partial charge in [-0.25, -0.2) is 9.37 Å². The molecular formula is C26H21Br2FN4O4. The summed E-state index contributed by atoms with van der Waals surface area (Å²) in [7, 11) is 0. The first kappa shape index (κ1) is 26.6. The summed E-state index contributed by atoms with van der Waals surface area (Å²) in [6, 6.07) is 13.9. The quantitative estimate of drug-likeness (QED) is 0.115. The molecule has 0 spiro atoms. The van der Waals surface area contributed by atoms with Crippen LogP contribution in [0.2, 0.25) is 0 Å². The number of nitro benzene ring substituents is 1. The van der Waals surface area contributed by atoms with Crippen LogP contribution < -0.4 is 10.3 Å². The number of hydrogen-bond donors (Lipinski definition) is 0. The number of fused-ring (bicyclic) bond motifs is 1. The van der Waals surface area contributed by atoms with Crippen molar-refractivity contribution in [3.8, 4) is 5.75 Å². The molecule has 0 amide bonds. The number of ether oxygens (including phenoxy) is 1. The van der Waals surface area contributed by atoms with Crippen LogP contribution in [0.1, 0.15) is 36.7 Å². The number of aromatic nitrogens is 2. The van der Waals surface area contributed by atoms with Crippen molar-refractivity contribution in [1.29, 1.82) is 0 Å². The Morgan fingerprint density at radius 1 is 1.16 bits per heavy atom. The van der Waals surface area contributed by atoms with Gasteiger partial charge < -0.3 is 4.74 Å². The summed E-state index contributed by atoms with van der Waals surface area (Å²) >= 11 is 6.68. The third-order valence-electron chi connectivity index (χ3n) is 5.47. The number of nitrogens with zero attached hydrogens (tertiary/aromatic N) is 4. The molecule has 3 aromatic carbocycles. The van der Waals surface area contributed by atoms with E-state index in [1.807, 2.05) is 13.0 Å². The highest BCUT2D eigenvalue weighted by Gasteiger charge is 2.21. The predicted octanol–water partition coefficient (Wildman–Crippen LogP) is 6.77. The molecule has 0 atom stereocenters. The van der Waals surface area contributed by atoms with Crippen molar-refractivity contribution in [3.05, 3.63) is 107 Å². The maximum absolute atomic E-state index is 13.6. The Kier molecular flexibility index (Phi) is 8.45. The summed E-state index contributed by atoms with van der Waals surface area (Å²) in [5.41, 5.74) is 0.664. The normalized spacial score (nSPS) is 11.4. The van der Waals surface area contributed by atoms with Gasteiger partial charge in [-0.05, 0) is 48.4 Å². The molecule has 4 rings (SSSR count). The summed E-state index contributed by atoms with van der Waals surface area (Å²) in [5.74, 6) is -0.0203. The lowest BCUT2D eigenvalue weighted by Crippen LogP contribution is -2.22. The maximum atomic E-state index is 13.6. The van der Waals surface area contributed by atoms with Crippen LogP contribution in [-0.4, -0.2) is 20.8 Å². The first-order valence-electron chi connectivity index (χ1n) is 11.4. The van der Waals surface area contributed by atoms with Crippen molar-refractivity contribution < 1.29 is 14.1 Å². The maximum Gasteiger partial charge on any atom is 0.312 e. The second-order valence-corrected chi connectivity index (χ2v) is 10.0. The van der Waals surface area contributed by atoms with Crippen molar-refractivity contribution in [3.63, 3.8) is 0 Å². The Bertz CT molecular complexity index is 1570. The molecule has 1 heterocycles. The van der Waals surface area contributed by atoms with Crippen LogP contribution in [0.4, 0.5) is 10.1 Å². The van der Waals surface area contributed by atoms with Gasteiger partial charge in [-0.15, -0.1) is 0 Å². The largest absolute Gasteiger partial charge is 0.481 e. The van der Waals surface area contributed by atoms with E-state index in [9.17, 15) is 19.3 Å². The van der Waals surface area contributed by atoms with Crippen molar-refractivity contribution in [2.75, 3.05) is 0 Å². The van der Waals surface area contributed by atoms with Gasteiger partial charge in [0.2, 0.25) is 5.75 Å². The molecule has 8 nitrogen and oxygen atoms in total. The van der Waals surface area contributed by atoms with E-state index in [4.69, 9.17) is 4.74 Å². The summed E-state index contributed by atoms with van der Waals surface area (Å²) in [6.45, 7) is 1.93. The van der Waals surface area contributed by atoms with E-state index in [1.165, 1.54) is 35.2 Å². The van der Waals surface area contributed by atoms with Crippen molar-refractivity contribution in [2.24, 2.45) is 5.10 Å². The van der Waals surface area contributed by atoms with Gasteiger partial charge in [0.25, 0.3) is 5.56 Å². The molecule has 0 saturated heterocycles. The van der Waals surface area contributed by atoms with E-state index in [0.717, 1.165) is 17.3 Å². The van der Waals surface area contributed by atoms with Gasteiger partial charge in [0.1, 0.15) is 18.2 Å². The molecule has 1 aromatic heterocycles. The van der Waals surface area contributed by atoms with Crippen LogP contribution >= 0.6 is 31.9 Å². The van der Waals surface area contributed by atoms with Crippen LogP contribution in [0.15, 0.2) is 73.4 Å². The zero-order valence-electron chi connectivity index (χ0n) is 19.7. The number of rotatable bonds is 9. The van der Waals surface area contributed by atoms with Crippen LogP contribution in [0, 0.1) is 15.9 Å². The molecule has 0 radical (unpaired) electrons. The molecule has 190 valence electrons. The topological polar surface area (TPSA) is 99.6 Å². The van der Waals surface area contributed by atoms with E-state index in [2.05, 4.69) is 41.9 Å². The second-order valence-electron chi connectivity index (χ2n) is 8.17. The summed E-state index contributed by atoms with van der Waals surface area (Å²) < 4.78 is 21.8. The summed E-state index contributed by atoms with van der Waals surface area (Å²) in [5, 5.41) is 16.6. The summed E-state index contributed by atoms with van der Waals surface area (Å²) in [6.07, 6.45) is 3.56. The lowest BCUT2D eigenvalue weighted by atomic mass is 10.2. The molecule has 0 aliphatic heterocycles. The first-order valence-corrected chi connectivity index (χ1v) is 13.0. The van der Waals surface area contributed by atoms with Crippen LogP contribution in [-0.2, 0) is 13.0 Å².